The summed E-state index contributed by atoms with van der Waals surface area (Å²) in [6, 6.07) is 179. The maximum Gasteiger partial charge on any atom is 0.137 e. The van der Waals surface area contributed by atoms with Crippen molar-refractivity contribution < 1.29 is 0 Å². The summed E-state index contributed by atoms with van der Waals surface area (Å²) in [5.74, 6) is 0.831. The molecule has 0 N–H and O–H groups in total. The molecule has 0 fully saturated rings. The minimum absolute atomic E-state index is 0.0133. The molecule has 0 aliphatic heterocycles. The molecule has 0 saturated heterocycles. The summed E-state index contributed by atoms with van der Waals surface area (Å²) in [6.07, 6.45) is 3.72. The smallest absolute Gasteiger partial charge is 0.137 e. The molecule has 19 aromatic rings. The number of hydrogen-bond acceptors (Lipinski definition) is 10. The first-order chi connectivity index (χ1) is 61.0. The summed E-state index contributed by atoms with van der Waals surface area (Å²) in [5, 5.41) is 0. The lowest BCUT2D eigenvalue weighted by molar-refractivity contribution is 0.918. The summed E-state index contributed by atoms with van der Waals surface area (Å²) >= 11 is 0. The van der Waals surface area contributed by atoms with Crippen LogP contribution in [0.5, 0.6) is 0 Å². The van der Waals surface area contributed by atoms with Crippen molar-refractivity contribution in [2.45, 2.75) is 5.92 Å². The van der Waals surface area contributed by atoms with E-state index in [0.29, 0.717) is 0 Å². The Balaban J connectivity index is 0.593. The molecule has 10 heteroatoms. The second kappa shape index (κ2) is 36.1. The summed E-state index contributed by atoms with van der Waals surface area (Å²) < 4.78 is 0. The van der Waals surface area contributed by atoms with Gasteiger partial charge in [-0.25, -0.2) is 4.98 Å². The molecule has 588 valence electrons. The quantitative estimate of drug-likeness (QED) is 0.0498. The SMILES string of the molecule is c1ccc(C(c2ccc(N(c3ccccc3)c3ccc(N(c4ccccc4)c4ccc(N(c5ccccc5)c5ccc(N(c6ccccc6)c6ccc(N(c7ccccc7)c7ccc(N(c8ccccc8)c8ccc(N(c9ccccc9)c9ccc(N(c%10ccccc%10)c%10ccccn%10)cc9)cc8)cc7)cc6)cc5)cc4)cc3)cc2)c2ccccn2)cc1. The van der Waals surface area contributed by atoms with Gasteiger partial charge in [-0.2, -0.15) is 0 Å². The van der Waals surface area contributed by atoms with E-state index >= 15 is 0 Å². The van der Waals surface area contributed by atoms with Crippen LogP contribution in [0.4, 0.5) is 137 Å². The van der Waals surface area contributed by atoms with Crippen LogP contribution in [0.15, 0.2) is 516 Å². The molecule has 2 aromatic heterocycles. The van der Waals surface area contributed by atoms with Gasteiger partial charge in [-0.05, 0) is 314 Å². The van der Waals surface area contributed by atoms with Gasteiger partial charge >= 0.3 is 0 Å². The van der Waals surface area contributed by atoms with Crippen molar-refractivity contribution >= 4 is 137 Å². The maximum atomic E-state index is 4.84. The standard InChI is InChI=1S/C113H86N10/c1-10-32-86(33-11-1)113(111-50-28-30-84-114-111)87-52-54-96(55-53-87)116(88-34-12-2-13-35-88)97-56-58-98(59-57-97)117(89-36-14-3-15-37-89)99-60-62-100(63-61-99)118(90-38-16-4-17-39-90)101-64-66-102(67-65-101)119(91-40-18-5-19-41-91)103-68-70-104(71-69-103)120(92-42-20-6-21-43-92)105-72-74-106(75-73-105)121(93-44-22-7-23-45-93)107-76-78-108(79-77-107)122(94-46-24-8-25-47-94)109-80-82-110(83-81-109)123(95-48-26-9-27-49-95)112-51-29-31-85-115-112/h1-85,113H. The molecule has 0 aliphatic carbocycles. The third-order valence-electron chi connectivity index (χ3n) is 22.2. The minimum atomic E-state index is -0.0133. The third kappa shape index (κ3) is 16.8. The van der Waals surface area contributed by atoms with Crippen molar-refractivity contribution in [1.29, 1.82) is 0 Å². The molecule has 0 bridgehead atoms. The Morgan fingerprint density at radius 3 is 0.472 bits per heavy atom. The van der Waals surface area contributed by atoms with E-state index < -0.39 is 0 Å². The van der Waals surface area contributed by atoms with Crippen LogP contribution < -0.4 is 39.2 Å². The van der Waals surface area contributed by atoms with Gasteiger partial charge in [0.2, 0.25) is 0 Å². The fraction of sp³-hybridized carbons (Fsp3) is 0.00885. The van der Waals surface area contributed by atoms with Crippen LogP contribution in [-0.4, -0.2) is 9.97 Å². The van der Waals surface area contributed by atoms with Crippen LogP contribution in [0, 0.1) is 0 Å². The number of hydrogen-bond donors (Lipinski definition) is 0. The van der Waals surface area contributed by atoms with Gasteiger partial charge in [0.1, 0.15) is 5.82 Å². The van der Waals surface area contributed by atoms with E-state index in [0.717, 1.165) is 142 Å². The van der Waals surface area contributed by atoms with Gasteiger partial charge in [0.15, 0.2) is 0 Å². The van der Waals surface area contributed by atoms with Gasteiger partial charge in [-0.1, -0.05) is 200 Å². The second-order valence-electron chi connectivity index (χ2n) is 29.9. The van der Waals surface area contributed by atoms with Crippen molar-refractivity contribution in [3.05, 3.63) is 533 Å². The molecule has 0 saturated carbocycles. The summed E-state index contributed by atoms with van der Waals surface area (Å²) in [7, 11) is 0. The number of benzene rings is 17. The highest BCUT2D eigenvalue weighted by atomic mass is 15.2. The Morgan fingerprint density at radius 2 is 0.276 bits per heavy atom. The average Bonchev–Trinajstić information content (AvgIpc) is 0.782. The van der Waals surface area contributed by atoms with Crippen molar-refractivity contribution in [2.24, 2.45) is 0 Å². The Hall–Kier alpha value is -16.6. The Bertz CT molecular complexity index is 6030. The Morgan fingerprint density at radius 1 is 0.122 bits per heavy atom. The zero-order chi connectivity index (χ0) is 82.3. The highest BCUT2D eigenvalue weighted by Gasteiger charge is 2.25. The number of nitrogens with zero attached hydrogens (tertiary/aromatic N) is 10. The molecule has 19 rings (SSSR count). The fourth-order valence-corrected chi connectivity index (χ4v) is 16.4. The molecular weight excluding hydrogens is 1500 g/mol. The minimum Gasteiger partial charge on any atom is -0.311 e. The first-order valence-corrected chi connectivity index (χ1v) is 41.5. The molecule has 1 unspecified atom stereocenters. The predicted octanol–water partition coefficient (Wildman–Crippen LogP) is 31.4. The first kappa shape index (κ1) is 76.4. The van der Waals surface area contributed by atoms with Crippen molar-refractivity contribution in [3.63, 3.8) is 0 Å². The molecule has 10 nitrogen and oxygen atoms in total. The second-order valence-corrected chi connectivity index (χ2v) is 29.9. The first-order valence-electron chi connectivity index (χ1n) is 41.5. The van der Waals surface area contributed by atoms with E-state index in [2.05, 4.69) is 512 Å². The van der Waals surface area contributed by atoms with Gasteiger partial charge in [0.25, 0.3) is 0 Å². The lowest BCUT2D eigenvalue weighted by Crippen LogP contribution is -2.14. The van der Waals surface area contributed by atoms with E-state index in [1.54, 1.807) is 0 Å². The molecule has 0 aliphatic rings. The number of anilines is 24. The summed E-state index contributed by atoms with van der Waals surface area (Å²) in [4.78, 5) is 28.0. The van der Waals surface area contributed by atoms with Crippen molar-refractivity contribution in [2.75, 3.05) is 39.2 Å². The number of rotatable bonds is 27. The molecule has 0 amide bonds. The van der Waals surface area contributed by atoms with Crippen LogP contribution in [0.3, 0.4) is 0 Å². The van der Waals surface area contributed by atoms with Crippen molar-refractivity contribution in [1.82, 2.24) is 9.97 Å². The van der Waals surface area contributed by atoms with Crippen LogP contribution in [0.1, 0.15) is 22.7 Å². The van der Waals surface area contributed by atoms with Crippen LogP contribution >= 0.6 is 0 Å². The van der Waals surface area contributed by atoms with E-state index in [-0.39, 0.29) is 5.92 Å². The molecular formula is C113H86N10. The maximum absolute atomic E-state index is 4.84. The van der Waals surface area contributed by atoms with Gasteiger partial charge in [0.05, 0.1) is 11.6 Å². The molecule has 0 spiro atoms. The van der Waals surface area contributed by atoms with Gasteiger partial charge in [0, 0.05) is 143 Å². The predicted molar refractivity (Wildman–Crippen MR) is 513 cm³/mol. The number of pyridine rings is 2. The largest absolute Gasteiger partial charge is 0.311 e. The average molecular weight is 1580 g/mol. The Kier molecular flexibility index (Phi) is 22.4. The molecule has 1 atom stereocenters. The van der Waals surface area contributed by atoms with Gasteiger partial charge in [-0.15, -0.1) is 0 Å². The molecule has 123 heavy (non-hydrogen) atoms. The lowest BCUT2D eigenvalue weighted by Gasteiger charge is -2.30. The fourth-order valence-electron chi connectivity index (χ4n) is 16.4. The zero-order valence-corrected chi connectivity index (χ0v) is 67.6. The van der Waals surface area contributed by atoms with Gasteiger partial charge in [-0.3, -0.25) is 9.88 Å². The van der Waals surface area contributed by atoms with E-state index in [1.165, 1.54) is 11.1 Å². The number of para-hydroxylation sites is 8. The molecule has 0 radical (unpaired) electrons. The van der Waals surface area contributed by atoms with Crippen molar-refractivity contribution in [3.8, 4) is 0 Å². The van der Waals surface area contributed by atoms with E-state index in [9.17, 15) is 0 Å². The molecule has 17 aromatic carbocycles. The topological polar surface area (TPSA) is 51.7 Å². The highest BCUT2D eigenvalue weighted by molar-refractivity contribution is 5.89. The van der Waals surface area contributed by atoms with Crippen LogP contribution in [-0.2, 0) is 0 Å². The monoisotopic (exact) mass is 1580 g/mol. The number of aromatic nitrogens is 2. The van der Waals surface area contributed by atoms with E-state index in [4.69, 9.17) is 9.97 Å². The zero-order valence-electron chi connectivity index (χ0n) is 67.6. The molecule has 2 heterocycles. The summed E-state index contributed by atoms with van der Waals surface area (Å²) in [5.41, 5.74) is 27.1. The normalized spacial score (nSPS) is 11.2. The lowest BCUT2D eigenvalue weighted by atomic mass is 9.88. The Labute approximate surface area is 719 Å². The van der Waals surface area contributed by atoms with Crippen LogP contribution in [0.25, 0.3) is 0 Å². The van der Waals surface area contributed by atoms with Gasteiger partial charge < -0.3 is 34.3 Å². The summed E-state index contributed by atoms with van der Waals surface area (Å²) in [6.45, 7) is 0. The third-order valence-corrected chi connectivity index (χ3v) is 22.2. The van der Waals surface area contributed by atoms with E-state index in [1.807, 2.05) is 42.7 Å². The highest BCUT2D eigenvalue weighted by Crippen LogP contribution is 2.48. The van der Waals surface area contributed by atoms with Crippen LogP contribution in [0.2, 0.25) is 0 Å².